The van der Waals surface area contributed by atoms with Gasteiger partial charge in [-0.15, -0.1) is 0 Å². The van der Waals surface area contributed by atoms with Crippen LogP contribution in [0.15, 0.2) is 54.6 Å². The van der Waals surface area contributed by atoms with E-state index in [1.807, 2.05) is 12.1 Å². The van der Waals surface area contributed by atoms with Crippen molar-refractivity contribution in [3.8, 4) is 5.75 Å². The van der Waals surface area contributed by atoms with Crippen LogP contribution < -0.4 is 4.74 Å². The molecule has 1 saturated carbocycles. The highest BCUT2D eigenvalue weighted by molar-refractivity contribution is 6.30. The van der Waals surface area contributed by atoms with Gasteiger partial charge in [0.2, 0.25) is 0 Å². The lowest BCUT2D eigenvalue weighted by Crippen LogP contribution is -2.38. The molecule has 2 aromatic carbocycles. The van der Waals surface area contributed by atoms with Gasteiger partial charge in [0.15, 0.2) is 0 Å². The molecule has 1 aliphatic carbocycles. The molecule has 1 heterocycles. The molecule has 0 bridgehead atoms. The number of benzene rings is 2. The van der Waals surface area contributed by atoms with E-state index in [2.05, 4.69) is 42.5 Å². The van der Waals surface area contributed by atoms with E-state index in [9.17, 15) is 0 Å². The first-order chi connectivity index (χ1) is 10.8. The Kier molecular flexibility index (Phi) is 3.46. The molecule has 0 unspecified atom stereocenters. The second kappa shape index (κ2) is 5.48. The summed E-state index contributed by atoms with van der Waals surface area (Å²) in [6.07, 6.45) is 8.38. The third-order valence-electron chi connectivity index (χ3n) is 4.75. The van der Waals surface area contributed by atoms with Crippen molar-refractivity contribution in [2.45, 2.75) is 37.7 Å². The van der Waals surface area contributed by atoms with E-state index in [0.717, 1.165) is 23.6 Å². The largest absolute Gasteiger partial charge is 0.483 e. The van der Waals surface area contributed by atoms with Crippen LogP contribution in [0.25, 0.3) is 5.57 Å². The molecule has 0 radical (unpaired) electrons. The number of hydrogen-bond acceptors (Lipinski definition) is 1. The van der Waals surface area contributed by atoms with E-state index in [0.29, 0.717) is 0 Å². The quantitative estimate of drug-likeness (QED) is 0.640. The molecule has 0 N–H and O–H groups in total. The van der Waals surface area contributed by atoms with Crippen molar-refractivity contribution in [1.29, 1.82) is 0 Å². The molecule has 0 atom stereocenters. The maximum atomic E-state index is 6.43. The van der Waals surface area contributed by atoms with Crippen LogP contribution in [0.5, 0.6) is 5.75 Å². The summed E-state index contributed by atoms with van der Waals surface area (Å²) in [5.74, 6) is 1.01. The Morgan fingerprint density at radius 3 is 2.36 bits per heavy atom. The molecule has 0 aromatic heterocycles. The fourth-order valence-corrected chi connectivity index (χ4v) is 3.76. The Bertz CT molecular complexity index is 709. The van der Waals surface area contributed by atoms with Gasteiger partial charge in [0.25, 0.3) is 0 Å². The standard InChI is InChI=1S/C20H19ClO/c21-16-10-8-15(9-11-16)18-14-20(12-4-1-5-13-20)22-19-7-3-2-6-17(18)19/h2-3,6-11,14H,1,4-5,12-13H2. The van der Waals surface area contributed by atoms with Crippen LogP contribution in [0.2, 0.25) is 5.02 Å². The van der Waals surface area contributed by atoms with Crippen molar-refractivity contribution in [3.05, 3.63) is 70.8 Å². The van der Waals surface area contributed by atoms with Gasteiger partial charge < -0.3 is 4.74 Å². The molecule has 1 nitrogen and oxygen atoms in total. The summed E-state index contributed by atoms with van der Waals surface area (Å²) in [4.78, 5) is 0. The Morgan fingerprint density at radius 2 is 1.59 bits per heavy atom. The van der Waals surface area contributed by atoms with Gasteiger partial charge >= 0.3 is 0 Å². The van der Waals surface area contributed by atoms with Crippen molar-refractivity contribution in [3.63, 3.8) is 0 Å². The SMILES string of the molecule is Clc1ccc(C2=CC3(CCCCC3)Oc3ccccc32)cc1. The summed E-state index contributed by atoms with van der Waals surface area (Å²) < 4.78 is 6.43. The van der Waals surface area contributed by atoms with Crippen LogP contribution in [0.3, 0.4) is 0 Å². The fourth-order valence-electron chi connectivity index (χ4n) is 3.63. The van der Waals surface area contributed by atoms with Gasteiger partial charge in [-0.1, -0.05) is 48.4 Å². The second-order valence-electron chi connectivity index (χ2n) is 6.29. The van der Waals surface area contributed by atoms with Crippen LogP contribution >= 0.6 is 11.6 Å². The molecular formula is C20H19ClO. The highest BCUT2D eigenvalue weighted by atomic mass is 35.5. The molecule has 0 saturated heterocycles. The molecule has 2 heteroatoms. The second-order valence-corrected chi connectivity index (χ2v) is 6.72. The molecule has 1 spiro atoms. The van der Waals surface area contributed by atoms with Gasteiger partial charge in [-0.05, 0) is 61.1 Å². The Hall–Kier alpha value is -1.73. The summed E-state index contributed by atoms with van der Waals surface area (Å²) in [6, 6.07) is 16.5. The number of para-hydroxylation sites is 1. The van der Waals surface area contributed by atoms with Crippen molar-refractivity contribution in [1.82, 2.24) is 0 Å². The van der Waals surface area contributed by atoms with Gasteiger partial charge in [-0.25, -0.2) is 0 Å². The van der Waals surface area contributed by atoms with Crippen molar-refractivity contribution < 1.29 is 4.74 Å². The molecular weight excluding hydrogens is 292 g/mol. The fraction of sp³-hybridized carbons (Fsp3) is 0.300. The summed E-state index contributed by atoms with van der Waals surface area (Å²) in [7, 11) is 0. The van der Waals surface area contributed by atoms with Gasteiger partial charge in [-0.3, -0.25) is 0 Å². The minimum absolute atomic E-state index is 0.123. The van der Waals surface area contributed by atoms with Crippen LogP contribution in [0.4, 0.5) is 0 Å². The number of ether oxygens (including phenoxy) is 1. The van der Waals surface area contributed by atoms with E-state index in [-0.39, 0.29) is 5.60 Å². The van der Waals surface area contributed by atoms with E-state index >= 15 is 0 Å². The monoisotopic (exact) mass is 310 g/mol. The predicted molar refractivity (Wildman–Crippen MR) is 91.4 cm³/mol. The third kappa shape index (κ3) is 2.44. The topological polar surface area (TPSA) is 9.23 Å². The summed E-state index contributed by atoms with van der Waals surface area (Å²) in [6.45, 7) is 0. The lowest BCUT2D eigenvalue weighted by molar-refractivity contribution is 0.0746. The first-order valence-corrected chi connectivity index (χ1v) is 8.41. The van der Waals surface area contributed by atoms with Gasteiger partial charge in [0.1, 0.15) is 11.4 Å². The summed E-state index contributed by atoms with van der Waals surface area (Å²) in [5, 5.41) is 0.775. The maximum absolute atomic E-state index is 6.43. The zero-order valence-corrected chi connectivity index (χ0v) is 13.3. The first kappa shape index (κ1) is 13.9. The van der Waals surface area contributed by atoms with E-state index < -0.39 is 0 Å². The van der Waals surface area contributed by atoms with Gasteiger partial charge in [0.05, 0.1) is 0 Å². The van der Waals surface area contributed by atoms with Crippen molar-refractivity contribution in [2.24, 2.45) is 0 Å². The molecule has 2 aliphatic rings. The van der Waals surface area contributed by atoms with Crippen LogP contribution in [-0.4, -0.2) is 5.60 Å². The van der Waals surface area contributed by atoms with E-state index in [4.69, 9.17) is 16.3 Å². The molecule has 1 aliphatic heterocycles. The number of halogens is 1. The van der Waals surface area contributed by atoms with Gasteiger partial charge in [-0.2, -0.15) is 0 Å². The first-order valence-electron chi connectivity index (χ1n) is 8.03. The lowest BCUT2D eigenvalue weighted by atomic mass is 9.79. The maximum Gasteiger partial charge on any atom is 0.128 e. The number of rotatable bonds is 1. The highest BCUT2D eigenvalue weighted by Gasteiger charge is 2.36. The molecule has 22 heavy (non-hydrogen) atoms. The summed E-state index contributed by atoms with van der Waals surface area (Å²) >= 11 is 6.05. The predicted octanol–water partition coefficient (Wildman–Crippen LogP) is 5.87. The minimum Gasteiger partial charge on any atom is -0.483 e. The number of hydrogen-bond donors (Lipinski definition) is 0. The highest BCUT2D eigenvalue weighted by Crippen LogP contribution is 2.44. The van der Waals surface area contributed by atoms with E-state index in [1.165, 1.54) is 36.0 Å². The van der Waals surface area contributed by atoms with Crippen molar-refractivity contribution in [2.75, 3.05) is 0 Å². The Balaban J connectivity index is 1.85. The average molecular weight is 311 g/mol. The molecule has 1 fully saturated rings. The van der Waals surface area contributed by atoms with Crippen molar-refractivity contribution >= 4 is 17.2 Å². The summed E-state index contributed by atoms with van der Waals surface area (Å²) in [5.41, 5.74) is 3.55. The Labute approximate surface area is 136 Å². The molecule has 2 aromatic rings. The minimum atomic E-state index is -0.123. The van der Waals surface area contributed by atoms with Crippen LogP contribution in [0.1, 0.15) is 43.2 Å². The lowest BCUT2D eigenvalue weighted by Gasteiger charge is -2.39. The smallest absolute Gasteiger partial charge is 0.128 e. The average Bonchev–Trinajstić information content (AvgIpc) is 2.56. The molecule has 4 rings (SSSR count). The zero-order chi connectivity index (χ0) is 15.0. The Morgan fingerprint density at radius 1 is 0.864 bits per heavy atom. The van der Waals surface area contributed by atoms with E-state index in [1.54, 1.807) is 0 Å². The normalized spacial score (nSPS) is 19.2. The van der Waals surface area contributed by atoms with Crippen LogP contribution in [0, 0.1) is 0 Å². The molecule has 112 valence electrons. The van der Waals surface area contributed by atoms with Crippen LogP contribution in [-0.2, 0) is 0 Å². The third-order valence-corrected chi connectivity index (χ3v) is 5.00. The van der Waals surface area contributed by atoms with Gasteiger partial charge in [0, 0.05) is 10.6 Å². The number of fused-ring (bicyclic) bond motifs is 1. The zero-order valence-electron chi connectivity index (χ0n) is 12.5. The molecule has 0 amide bonds.